The molecular weight excluding hydrogens is 280 g/mol. The Bertz CT molecular complexity index is 797. The SMILES string of the molecule is [N-]=[N+]=N[C@@]1(Cc2ccccc2)C(=O)Nc2ccccc2C1=O. The first-order valence-corrected chi connectivity index (χ1v) is 6.73. The summed E-state index contributed by atoms with van der Waals surface area (Å²) in [5, 5.41) is 6.25. The Hall–Kier alpha value is -3.11. The molecule has 0 fully saturated rings. The van der Waals surface area contributed by atoms with Gasteiger partial charge in [0.2, 0.25) is 5.91 Å². The van der Waals surface area contributed by atoms with Gasteiger partial charge in [-0.25, -0.2) is 0 Å². The number of nitrogens with zero attached hydrogens (tertiary/aromatic N) is 3. The fourth-order valence-corrected chi connectivity index (χ4v) is 2.60. The van der Waals surface area contributed by atoms with Gasteiger partial charge in [-0.15, -0.1) is 0 Å². The summed E-state index contributed by atoms with van der Waals surface area (Å²) in [5.74, 6) is -1.08. The smallest absolute Gasteiger partial charge is 0.244 e. The molecule has 0 saturated heterocycles. The Labute approximate surface area is 126 Å². The summed E-state index contributed by atoms with van der Waals surface area (Å²) < 4.78 is 0. The molecule has 22 heavy (non-hydrogen) atoms. The molecule has 0 unspecified atom stereocenters. The quantitative estimate of drug-likeness (QED) is 0.407. The van der Waals surface area contributed by atoms with Gasteiger partial charge in [0.05, 0.1) is 5.69 Å². The molecule has 1 atom stereocenters. The third-order valence-electron chi connectivity index (χ3n) is 3.69. The van der Waals surface area contributed by atoms with E-state index in [0.717, 1.165) is 5.56 Å². The van der Waals surface area contributed by atoms with E-state index < -0.39 is 17.2 Å². The van der Waals surface area contributed by atoms with Crippen molar-refractivity contribution in [2.24, 2.45) is 5.11 Å². The topological polar surface area (TPSA) is 94.9 Å². The third kappa shape index (κ3) is 2.12. The summed E-state index contributed by atoms with van der Waals surface area (Å²) in [6, 6.07) is 15.7. The number of rotatable bonds is 3. The highest BCUT2D eigenvalue weighted by molar-refractivity contribution is 6.27. The zero-order chi connectivity index (χ0) is 15.6. The number of nitrogens with one attached hydrogen (secondary N) is 1. The average molecular weight is 292 g/mol. The van der Waals surface area contributed by atoms with Gasteiger partial charge >= 0.3 is 0 Å². The number of amides is 1. The molecule has 1 heterocycles. The second-order valence-electron chi connectivity index (χ2n) is 5.04. The Morgan fingerprint density at radius 1 is 1.05 bits per heavy atom. The predicted molar refractivity (Wildman–Crippen MR) is 81.4 cm³/mol. The Morgan fingerprint density at radius 3 is 2.45 bits per heavy atom. The molecule has 1 aliphatic heterocycles. The molecule has 0 aromatic heterocycles. The summed E-state index contributed by atoms with van der Waals surface area (Å²) in [7, 11) is 0. The number of carbonyl (C=O) groups is 2. The normalized spacial score (nSPS) is 19.8. The van der Waals surface area contributed by atoms with Crippen LogP contribution in [0.25, 0.3) is 10.4 Å². The summed E-state index contributed by atoms with van der Waals surface area (Å²) in [6.07, 6.45) is 0.0247. The van der Waals surface area contributed by atoms with Crippen LogP contribution in [0.4, 0.5) is 5.69 Å². The number of azide groups is 1. The molecule has 1 amide bonds. The van der Waals surface area contributed by atoms with E-state index in [1.807, 2.05) is 6.07 Å². The van der Waals surface area contributed by atoms with Crippen molar-refractivity contribution in [3.05, 3.63) is 76.2 Å². The van der Waals surface area contributed by atoms with E-state index >= 15 is 0 Å². The van der Waals surface area contributed by atoms with Crippen molar-refractivity contribution >= 4 is 17.4 Å². The van der Waals surface area contributed by atoms with Gasteiger partial charge in [0.15, 0.2) is 11.3 Å². The first kappa shape index (κ1) is 13.9. The molecule has 2 aromatic rings. The van der Waals surface area contributed by atoms with Crippen LogP contribution in [-0.2, 0) is 11.2 Å². The maximum atomic E-state index is 12.8. The number of ketones is 1. The Balaban J connectivity index is 2.13. The van der Waals surface area contributed by atoms with E-state index in [0.29, 0.717) is 11.3 Å². The molecular formula is C16H12N4O2. The van der Waals surface area contributed by atoms with Crippen LogP contribution in [0.1, 0.15) is 15.9 Å². The Morgan fingerprint density at radius 2 is 1.73 bits per heavy atom. The van der Waals surface area contributed by atoms with Crippen molar-refractivity contribution in [3.8, 4) is 0 Å². The lowest BCUT2D eigenvalue weighted by Gasteiger charge is -2.31. The standard InChI is InChI=1S/C16H12N4O2/c17-20-19-16(10-11-6-2-1-3-7-11)14(21)12-8-4-5-9-13(12)18-15(16)22/h1-9H,10H2,(H,18,22)/t16-/m1/s1. The van der Waals surface area contributed by atoms with E-state index in [1.54, 1.807) is 48.5 Å². The lowest BCUT2D eigenvalue weighted by molar-refractivity contribution is -0.119. The van der Waals surface area contributed by atoms with Crippen LogP contribution in [0, 0.1) is 0 Å². The van der Waals surface area contributed by atoms with Crippen molar-refractivity contribution in [2.75, 3.05) is 5.32 Å². The number of benzene rings is 2. The largest absolute Gasteiger partial charge is 0.324 e. The highest BCUT2D eigenvalue weighted by Gasteiger charge is 2.49. The average Bonchev–Trinajstić information content (AvgIpc) is 2.54. The number of anilines is 1. The van der Waals surface area contributed by atoms with Crippen LogP contribution >= 0.6 is 0 Å². The van der Waals surface area contributed by atoms with Gasteiger partial charge in [-0.2, -0.15) is 0 Å². The van der Waals surface area contributed by atoms with E-state index in [4.69, 9.17) is 5.53 Å². The fourth-order valence-electron chi connectivity index (χ4n) is 2.60. The van der Waals surface area contributed by atoms with Crippen LogP contribution < -0.4 is 5.32 Å². The van der Waals surface area contributed by atoms with Crippen LogP contribution in [-0.4, -0.2) is 17.2 Å². The Kier molecular flexibility index (Phi) is 3.37. The second kappa shape index (κ2) is 5.35. The zero-order valence-corrected chi connectivity index (χ0v) is 11.6. The molecule has 0 aliphatic carbocycles. The molecule has 0 saturated carbocycles. The number of hydrogen-bond acceptors (Lipinski definition) is 3. The van der Waals surface area contributed by atoms with Gasteiger partial charge in [-0.05, 0) is 23.2 Å². The molecule has 6 nitrogen and oxygen atoms in total. The number of fused-ring (bicyclic) bond motifs is 1. The van der Waals surface area contributed by atoms with Crippen molar-refractivity contribution < 1.29 is 9.59 Å². The van der Waals surface area contributed by atoms with Crippen molar-refractivity contribution in [2.45, 2.75) is 12.0 Å². The van der Waals surface area contributed by atoms with Gasteiger partial charge in [-0.3, -0.25) is 9.59 Å². The maximum Gasteiger partial charge on any atom is 0.244 e. The number of para-hydroxylation sites is 1. The van der Waals surface area contributed by atoms with Crippen molar-refractivity contribution in [3.63, 3.8) is 0 Å². The predicted octanol–water partition coefficient (Wildman–Crippen LogP) is 3.11. The number of Topliss-reactive ketones (excluding diaryl/α,β-unsaturated/α-hetero) is 1. The number of carbonyl (C=O) groups excluding carboxylic acids is 2. The number of hydrogen-bond donors (Lipinski definition) is 1. The monoisotopic (exact) mass is 292 g/mol. The molecule has 0 bridgehead atoms. The third-order valence-corrected chi connectivity index (χ3v) is 3.69. The molecule has 1 aliphatic rings. The molecule has 6 heteroatoms. The maximum absolute atomic E-state index is 12.8. The lowest BCUT2D eigenvalue weighted by atomic mass is 9.80. The van der Waals surface area contributed by atoms with Crippen molar-refractivity contribution in [1.82, 2.24) is 0 Å². The minimum Gasteiger partial charge on any atom is -0.324 e. The van der Waals surface area contributed by atoms with Crippen LogP contribution in [0.15, 0.2) is 59.7 Å². The molecule has 0 spiro atoms. The van der Waals surface area contributed by atoms with E-state index in [2.05, 4.69) is 15.3 Å². The van der Waals surface area contributed by atoms with E-state index in [1.165, 1.54) is 0 Å². The minimum atomic E-state index is -1.79. The van der Waals surface area contributed by atoms with Gasteiger partial charge in [0.25, 0.3) is 0 Å². The molecule has 1 N–H and O–H groups in total. The second-order valence-corrected chi connectivity index (χ2v) is 5.04. The van der Waals surface area contributed by atoms with Crippen molar-refractivity contribution in [1.29, 1.82) is 0 Å². The van der Waals surface area contributed by atoms with Crippen LogP contribution in [0.2, 0.25) is 0 Å². The summed E-state index contributed by atoms with van der Waals surface area (Å²) in [5.41, 5.74) is 8.62. The lowest BCUT2D eigenvalue weighted by Crippen LogP contribution is -2.53. The van der Waals surface area contributed by atoms with Gasteiger partial charge < -0.3 is 5.32 Å². The first-order valence-electron chi connectivity index (χ1n) is 6.73. The molecule has 3 rings (SSSR count). The highest BCUT2D eigenvalue weighted by Crippen LogP contribution is 2.33. The van der Waals surface area contributed by atoms with Gasteiger partial charge in [0.1, 0.15) is 0 Å². The molecule has 108 valence electrons. The summed E-state index contributed by atoms with van der Waals surface area (Å²) >= 11 is 0. The highest BCUT2D eigenvalue weighted by atomic mass is 16.2. The van der Waals surface area contributed by atoms with Crippen LogP contribution in [0.3, 0.4) is 0 Å². The van der Waals surface area contributed by atoms with E-state index in [9.17, 15) is 9.59 Å². The van der Waals surface area contributed by atoms with Gasteiger partial charge in [0, 0.05) is 16.9 Å². The first-order chi connectivity index (χ1) is 10.7. The zero-order valence-electron chi connectivity index (χ0n) is 11.6. The molecule has 2 aromatic carbocycles. The van der Waals surface area contributed by atoms with Crippen LogP contribution in [0.5, 0.6) is 0 Å². The van der Waals surface area contributed by atoms with E-state index in [-0.39, 0.29) is 6.42 Å². The molecule has 0 radical (unpaired) electrons. The minimum absolute atomic E-state index is 0.0247. The fraction of sp³-hybridized carbons (Fsp3) is 0.125. The summed E-state index contributed by atoms with van der Waals surface area (Å²) in [6.45, 7) is 0. The summed E-state index contributed by atoms with van der Waals surface area (Å²) in [4.78, 5) is 28.0. The van der Waals surface area contributed by atoms with Gasteiger partial charge in [-0.1, -0.05) is 47.6 Å².